The zero-order chi connectivity index (χ0) is 17.3. The third-order valence-electron chi connectivity index (χ3n) is 4.44. The van der Waals surface area contributed by atoms with E-state index in [1.54, 1.807) is 19.0 Å². The first-order valence-corrected chi connectivity index (χ1v) is 8.94. The summed E-state index contributed by atoms with van der Waals surface area (Å²) in [5, 5.41) is 6.73. The van der Waals surface area contributed by atoms with Gasteiger partial charge in [-0.1, -0.05) is 23.8 Å². The summed E-state index contributed by atoms with van der Waals surface area (Å²) in [6.07, 6.45) is 10.2. The van der Waals surface area contributed by atoms with Gasteiger partial charge in [0, 0.05) is 19.2 Å². The van der Waals surface area contributed by atoms with Gasteiger partial charge in [0.1, 0.15) is 23.7 Å². The van der Waals surface area contributed by atoms with Crippen LogP contribution in [0.4, 0.5) is 11.6 Å². The van der Waals surface area contributed by atoms with E-state index in [-0.39, 0.29) is 0 Å². The molecule has 25 heavy (non-hydrogen) atoms. The number of allylic oxidation sites excluding steroid dienone is 1. The van der Waals surface area contributed by atoms with Gasteiger partial charge in [-0.05, 0) is 49.8 Å². The van der Waals surface area contributed by atoms with Crippen LogP contribution in [-0.4, -0.2) is 23.6 Å². The Bertz CT molecular complexity index is 697. The SMILES string of the molecule is COc1ccc(CNc2cc(NCCC3=CCCCC3)ncn2)cc1. The first-order valence-electron chi connectivity index (χ1n) is 8.94. The van der Waals surface area contributed by atoms with Crippen LogP contribution in [0, 0.1) is 0 Å². The van der Waals surface area contributed by atoms with Gasteiger partial charge in [0.05, 0.1) is 7.11 Å². The molecule has 0 bridgehead atoms. The van der Waals surface area contributed by atoms with Crippen LogP contribution < -0.4 is 15.4 Å². The Labute approximate surface area is 149 Å². The molecule has 0 atom stereocenters. The smallest absolute Gasteiger partial charge is 0.131 e. The maximum Gasteiger partial charge on any atom is 0.131 e. The van der Waals surface area contributed by atoms with Crippen LogP contribution in [0.2, 0.25) is 0 Å². The second kappa shape index (κ2) is 9.06. The summed E-state index contributed by atoms with van der Waals surface area (Å²) in [7, 11) is 1.67. The lowest BCUT2D eigenvalue weighted by Gasteiger charge is -2.13. The average molecular weight is 338 g/mol. The van der Waals surface area contributed by atoms with Gasteiger partial charge in [0.25, 0.3) is 0 Å². The van der Waals surface area contributed by atoms with Crippen molar-refractivity contribution in [2.24, 2.45) is 0 Å². The van der Waals surface area contributed by atoms with Crippen molar-refractivity contribution in [2.45, 2.75) is 38.6 Å². The molecule has 0 saturated carbocycles. The number of benzene rings is 1. The number of rotatable bonds is 8. The third-order valence-corrected chi connectivity index (χ3v) is 4.44. The van der Waals surface area contributed by atoms with E-state index in [9.17, 15) is 0 Å². The van der Waals surface area contributed by atoms with Crippen molar-refractivity contribution in [3.05, 3.63) is 53.9 Å². The fourth-order valence-electron chi connectivity index (χ4n) is 2.97. The molecule has 3 rings (SSSR count). The van der Waals surface area contributed by atoms with E-state index in [0.717, 1.165) is 30.4 Å². The van der Waals surface area contributed by atoms with E-state index in [1.165, 1.54) is 31.2 Å². The van der Waals surface area contributed by atoms with Crippen LogP contribution in [0.25, 0.3) is 0 Å². The highest BCUT2D eigenvalue weighted by molar-refractivity contribution is 5.47. The van der Waals surface area contributed by atoms with E-state index < -0.39 is 0 Å². The molecule has 0 aliphatic heterocycles. The summed E-state index contributed by atoms with van der Waals surface area (Å²) >= 11 is 0. The van der Waals surface area contributed by atoms with E-state index in [2.05, 4.69) is 26.7 Å². The predicted molar refractivity (Wildman–Crippen MR) is 102 cm³/mol. The molecular formula is C20H26N4O. The average Bonchev–Trinajstić information content (AvgIpc) is 2.68. The third kappa shape index (κ3) is 5.48. The summed E-state index contributed by atoms with van der Waals surface area (Å²) in [6, 6.07) is 9.97. The molecule has 1 aliphatic rings. The Hall–Kier alpha value is -2.56. The van der Waals surface area contributed by atoms with Gasteiger partial charge in [0.2, 0.25) is 0 Å². The zero-order valence-electron chi connectivity index (χ0n) is 14.8. The van der Waals surface area contributed by atoms with E-state index >= 15 is 0 Å². The van der Waals surface area contributed by atoms with Gasteiger partial charge >= 0.3 is 0 Å². The number of nitrogens with zero attached hydrogens (tertiary/aromatic N) is 2. The summed E-state index contributed by atoms with van der Waals surface area (Å²) in [5.41, 5.74) is 2.75. The van der Waals surface area contributed by atoms with Crippen LogP contribution in [0.3, 0.4) is 0 Å². The monoisotopic (exact) mass is 338 g/mol. The first-order chi connectivity index (χ1) is 12.3. The fraction of sp³-hybridized carbons (Fsp3) is 0.400. The number of anilines is 2. The maximum atomic E-state index is 5.18. The second-order valence-corrected chi connectivity index (χ2v) is 6.28. The number of hydrogen-bond donors (Lipinski definition) is 2. The minimum Gasteiger partial charge on any atom is -0.497 e. The molecule has 0 amide bonds. The zero-order valence-corrected chi connectivity index (χ0v) is 14.8. The highest BCUT2D eigenvalue weighted by Crippen LogP contribution is 2.20. The van der Waals surface area contributed by atoms with Crippen LogP contribution in [0.15, 0.2) is 48.3 Å². The minimum atomic E-state index is 0.716. The molecule has 0 unspecified atom stereocenters. The maximum absolute atomic E-state index is 5.18. The summed E-state index contributed by atoms with van der Waals surface area (Å²) in [5.74, 6) is 2.55. The van der Waals surface area contributed by atoms with Gasteiger partial charge in [-0.2, -0.15) is 0 Å². The Morgan fingerprint density at radius 1 is 1.04 bits per heavy atom. The molecule has 0 radical (unpaired) electrons. The van der Waals surface area contributed by atoms with E-state index in [1.807, 2.05) is 30.3 Å². The van der Waals surface area contributed by atoms with Crippen molar-refractivity contribution in [3.8, 4) is 5.75 Å². The van der Waals surface area contributed by atoms with Gasteiger partial charge in [-0.15, -0.1) is 0 Å². The number of aromatic nitrogens is 2. The van der Waals surface area contributed by atoms with Crippen molar-refractivity contribution in [3.63, 3.8) is 0 Å². The minimum absolute atomic E-state index is 0.716. The number of ether oxygens (including phenoxy) is 1. The Morgan fingerprint density at radius 2 is 1.84 bits per heavy atom. The molecule has 2 N–H and O–H groups in total. The van der Waals surface area contributed by atoms with Crippen molar-refractivity contribution in [1.82, 2.24) is 9.97 Å². The molecule has 1 aromatic heterocycles. The van der Waals surface area contributed by atoms with Gasteiger partial charge in [0.15, 0.2) is 0 Å². The number of methoxy groups -OCH3 is 1. The summed E-state index contributed by atoms with van der Waals surface area (Å²) in [6.45, 7) is 1.63. The van der Waals surface area contributed by atoms with Crippen molar-refractivity contribution >= 4 is 11.6 Å². The second-order valence-electron chi connectivity index (χ2n) is 6.28. The van der Waals surface area contributed by atoms with Crippen LogP contribution in [0.1, 0.15) is 37.7 Å². The molecule has 1 aliphatic carbocycles. The molecule has 0 fully saturated rings. The molecule has 0 spiro atoms. The molecule has 5 heteroatoms. The Balaban J connectivity index is 1.47. The van der Waals surface area contributed by atoms with Crippen molar-refractivity contribution in [1.29, 1.82) is 0 Å². The van der Waals surface area contributed by atoms with Crippen molar-refractivity contribution < 1.29 is 4.74 Å². The van der Waals surface area contributed by atoms with Crippen LogP contribution in [-0.2, 0) is 6.54 Å². The van der Waals surface area contributed by atoms with Crippen molar-refractivity contribution in [2.75, 3.05) is 24.3 Å². The molecule has 2 aromatic rings. The molecule has 132 valence electrons. The van der Waals surface area contributed by atoms with Gasteiger partial charge in [-0.25, -0.2) is 9.97 Å². The quantitative estimate of drug-likeness (QED) is 0.699. The van der Waals surface area contributed by atoms with E-state index in [0.29, 0.717) is 6.54 Å². The Kier molecular flexibility index (Phi) is 6.26. The normalized spacial score (nSPS) is 13.9. The molecular weight excluding hydrogens is 312 g/mol. The lowest BCUT2D eigenvalue weighted by atomic mass is 9.97. The topological polar surface area (TPSA) is 59.1 Å². The highest BCUT2D eigenvalue weighted by atomic mass is 16.5. The lowest BCUT2D eigenvalue weighted by Crippen LogP contribution is -2.07. The lowest BCUT2D eigenvalue weighted by molar-refractivity contribution is 0.414. The Morgan fingerprint density at radius 3 is 2.56 bits per heavy atom. The predicted octanol–water partition coefficient (Wildman–Crippen LogP) is 4.40. The first kappa shape index (κ1) is 17.3. The van der Waals surface area contributed by atoms with Crippen LogP contribution in [0.5, 0.6) is 5.75 Å². The van der Waals surface area contributed by atoms with E-state index in [4.69, 9.17) is 4.74 Å². The summed E-state index contributed by atoms with van der Waals surface area (Å²) in [4.78, 5) is 8.59. The molecule has 5 nitrogen and oxygen atoms in total. The van der Waals surface area contributed by atoms with Gasteiger partial charge in [-0.3, -0.25) is 0 Å². The number of nitrogens with one attached hydrogen (secondary N) is 2. The summed E-state index contributed by atoms with van der Waals surface area (Å²) < 4.78 is 5.18. The molecule has 1 heterocycles. The standard InChI is InChI=1S/C20H26N4O/c1-25-18-9-7-17(8-10-18)14-22-20-13-19(23-15-24-20)21-12-11-16-5-3-2-4-6-16/h5,7-10,13,15H,2-4,6,11-12,14H2,1H3,(H2,21,22,23,24). The largest absolute Gasteiger partial charge is 0.497 e. The molecule has 1 aromatic carbocycles. The number of hydrogen-bond acceptors (Lipinski definition) is 5. The molecule has 0 saturated heterocycles. The van der Waals surface area contributed by atoms with Gasteiger partial charge < -0.3 is 15.4 Å². The fourth-order valence-corrected chi connectivity index (χ4v) is 2.97. The van der Waals surface area contributed by atoms with Crippen LogP contribution >= 0.6 is 0 Å². The highest BCUT2D eigenvalue weighted by Gasteiger charge is 2.04.